The number of aryl methyl sites for hydroxylation is 1. The van der Waals surface area contributed by atoms with Crippen LogP contribution in [0.1, 0.15) is 16.7 Å². The molecule has 2 aromatic rings. The molecule has 0 bridgehead atoms. The van der Waals surface area contributed by atoms with Crippen molar-refractivity contribution in [2.75, 3.05) is 12.5 Å². The van der Waals surface area contributed by atoms with Crippen molar-refractivity contribution >= 4 is 5.69 Å². The second kappa shape index (κ2) is 4.34. The van der Waals surface area contributed by atoms with Gasteiger partial charge in [-0.3, -0.25) is 4.68 Å². The summed E-state index contributed by atoms with van der Waals surface area (Å²) in [7, 11) is 0. The summed E-state index contributed by atoms with van der Waals surface area (Å²) >= 11 is 0. The van der Waals surface area contributed by atoms with Crippen LogP contribution in [-0.2, 0) is 17.9 Å². The van der Waals surface area contributed by atoms with Crippen molar-refractivity contribution in [3.63, 3.8) is 0 Å². The van der Waals surface area contributed by atoms with E-state index in [4.69, 9.17) is 15.2 Å². The Morgan fingerprint density at radius 1 is 1.44 bits per heavy atom. The number of anilines is 1. The van der Waals surface area contributed by atoms with E-state index in [9.17, 15) is 0 Å². The maximum atomic E-state index is 5.90. The molecule has 1 aliphatic heterocycles. The molecule has 2 N–H and O–H groups in total. The van der Waals surface area contributed by atoms with E-state index in [-0.39, 0.29) is 0 Å². The summed E-state index contributed by atoms with van der Waals surface area (Å²) in [6.45, 7) is 3.51. The van der Waals surface area contributed by atoms with Crippen molar-refractivity contribution in [2.24, 2.45) is 0 Å². The van der Waals surface area contributed by atoms with Gasteiger partial charge < -0.3 is 15.2 Å². The number of hydrogen-bond donors (Lipinski definition) is 1. The van der Waals surface area contributed by atoms with E-state index in [1.54, 1.807) is 0 Å². The Labute approximate surface area is 105 Å². The average molecular weight is 245 g/mol. The van der Waals surface area contributed by atoms with Crippen molar-refractivity contribution in [2.45, 2.75) is 20.1 Å². The predicted molar refractivity (Wildman–Crippen MR) is 67.2 cm³/mol. The number of aromatic nitrogens is 2. The van der Waals surface area contributed by atoms with Crippen LogP contribution >= 0.6 is 0 Å². The van der Waals surface area contributed by atoms with Crippen LogP contribution < -0.4 is 10.5 Å². The molecule has 0 amide bonds. The van der Waals surface area contributed by atoms with Crippen molar-refractivity contribution in [3.05, 3.63) is 41.2 Å². The maximum absolute atomic E-state index is 5.90. The Bertz CT molecular complexity index is 578. The number of fused-ring (bicyclic) bond motifs is 1. The fourth-order valence-electron chi connectivity index (χ4n) is 2.17. The van der Waals surface area contributed by atoms with Crippen molar-refractivity contribution in [3.8, 4) is 5.75 Å². The predicted octanol–water partition coefficient (Wildman–Crippen LogP) is 1.69. The molecule has 0 aliphatic carbocycles. The number of benzene rings is 1. The minimum Gasteiger partial charge on any atom is -0.467 e. The van der Waals surface area contributed by atoms with Crippen LogP contribution in [0.3, 0.4) is 0 Å². The lowest BCUT2D eigenvalue weighted by Crippen LogP contribution is -2.15. The van der Waals surface area contributed by atoms with Gasteiger partial charge in [0.25, 0.3) is 0 Å². The summed E-state index contributed by atoms with van der Waals surface area (Å²) in [6.07, 6.45) is 3.83. The van der Waals surface area contributed by atoms with E-state index in [0.717, 1.165) is 28.1 Å². The largest absolute Gasteiger partial charge is 0.467 e. The van der Waals surface area contributed by atoms with Crippen LogP contribution in [0.25, 0.3) is 0 Å². The fourth-order valence-corrected chi connectivity index (χ4v) is 2.17. The summed E-state index contributed by atoms with van der Waals surface area (Å²) in [5, 5.41) is 4.28. The summed E-state index contributed by atoms with van der Waals surface area (Å²) in [4.78, 5) is 0. The van der Waals surface area contributed by atoms with Crippen LogP contribution in [-0.4, -0.2) is 16.6 Å². The number of rotatable bonds is 2. The first-order valence-electron chi connectivity index (χ1n) is 5.83. The Morgan fingerprint density at radius 3 is 3.11 bits per heavy atom. The third kappa shape index (κ3) is 2.04. The van der Waals surface area contributed by atoms with E-state index in [1.165, 1.54) is 0 Å². The van der Waals surface area contributed by atoms with Gasteiger partial charge in [-0.15, -0.1) is 0 Å². The van der Waals surface area contributed by atoms with Crippen LogP contribution in [0, 0.1) is 6.92 Å². The molecule has 0 fully saturated rings. The zero-order valence-electron chi connectivity index (χ0n) is 10.2. The van der Waals surface area contributed by atoms with E-state index in [2.05, 4.69) is 5.10 Å². The summed E-state index contributed by atoms with van der Waals surface area (Å²) in [6, 6.07) is 3.83. The van der Waals surface area contributed by atoms with Gasteiger partial charge in [0, 0.05) is 23.0 Å². The third-order valence-corrected chi connectivity index (χ3v) is 2.90. The number of hydrogen-bond acceptors (Lipinski definition) is 4. The van der Waals surface area contributed by atoms with Gasteiger partial charge in [0.05, 0.1) is 19.3 Å². The first-order valence-corrected chi connectivity index (χ1v) is 5.83. The highest BCUT2D eigenvalue weighted by atomic mass is 16.7. The topological polar surface area (TPSA) is 62.3 Å². The molecular weight excluding hydrogens is 230 g/mol. The molecule has 5 heteroatoms. The van der Waals surface area contributed by atoms with Gasteiger partial charge in [0.15, 0.2) is 6.79 Å². The molecule has 0 spiro atoms. The number of ether oxygens (including phenoxy) is 2. The minimum absolute atomic E-state index is 0.294. The molecule has 0 radical (unpaired) electrons. The quantitative estimate of drug-likeness (QED) is 0.818. The molecule has 3 rings (SSSR count). The summed E-state index contributed by atoms with van der Waals surface area (Å²) in [5.41, 5.74) is 9.80. The van der Waals surface area contributed by atoms with Gasteiger partial charge in [-0.1, -0.05) is 0 Å². The normalized spacial score (nSPS) is 14.1. The summed E-state index contributed by atoms with van der Waals surface area (Å²) in [5.74, 6) is 0.878. The van der Waals surface area contributed by atoms with E-state index < -0.39 is 0 Å². The monoisotopic (exact) mass is 245 g/mol. The van der Waals surface area contributed by atoms with Gasteiger partial charge in [0.2, 0.25) is 0 Å². The molecule has 94 valence electrons. The number of nitrogens with two attached hydrogens (primary N) is 1. The Hall–Kier alpha value is -2.01. The molecule has 5 nitrogen and oxygen atoms in total. The Morgan fingerprint density at radius 2 is 2.33 bits per heavy atom. The zero-order valence-corrected chi connectivity index (χ0v) is 10.2. The maximum Gasteiger partial charge on any atom is 0.189 e. The Kier molecular flexibility index (Phi) is 2.68. The zero-order chi connectivity index (χ0) is 12.5. The number of nitrogens with zero attached hydrogens (tertiary/aromatic N) is 2. The minimum atomic E-state index is 0.294. The van der Waals surface area contributed by atoms with Crippen LogP contribution in [0.4, 0.5) is 5.69 Å². The van der Waals surface area contributed by atoms with Gasteiger partial charge >= 0.3 is 0 Å². The van der Waals surface area contributed by atoms with Crippen molar-refractivity contribution in [1.29, 1.82) is 0 Å². The highest BCUT2D eigenvalue weighted by molar-refractivity contribution is 5.53. The highest BCUT2D eigenvalue weighted by Crippen LogP contribution is 2.31. The highest BCUT2D eigenvalue weighted by Gasteiger charge is 2.16. The van der Waals surface area contributed by atoms with Gasteiger partial charge in [-0.25, -0.2) is 0 Å². The van der Waals surface area contributed by atoms with Crippen LogP contribution in [0.15, 0.2) is 24.5 Å². The molecule has 1 aromatic carbocycles. The van der Waals surface area contributed by atoms with Crippen molar-refractivity contribution < 1.29 is 9.47 Å². The molecule has 18 heavy (non-hydrogen) atoms. The third-order valence-electron chi connectivity index (χ3n) is 2.90. The van der Waals surface area contributed by atoms with Gasteiger partial charge in [0.1, 0.15) is 5.75 Å². The van der Waals surface area contributed by atoms with Gasteiger partial charge in [-0.2, -0.15) is 5.10 Å². The second-order valence-electron chi connectivity index (χ2n) is 4.49. The first kappa shape index (κ1) is 11.1. The first-order chi connectivity index (χ1) is 8.72. The van der Waals surface area contributed by atoms with E-state index in [0.29, 0.717) is 19.9 Å². The summed E-state index contributed by atoms with van der Waals surface area (Å²) < 4.78 is 12.7. The molecule has 1 aromatic heterocycles. The standard InChI is InChI=1S/C13H15N3O2/c1-9-4-15-16(5-9)6-10-2-12(14)3-11-7-17-8-18-13(10)11/h2-5H,6-8,14H2,1H3. The number of nitrogen functional groups attached to an aromatic ring is 1. The second-order valence-corrected chi connectivity index (χ2v) is 4.49. The average Bonchev–Trinajstić information content (AvgIpc) is 2.74. The SMILES string of the molecule is Cc1cnn(Cc2cc(N)cc3c2OCOC3)c1. The Balaban J connectivity index is 1.98. The lowest BCUT2D eigenvalue weighted by atomic mass is 10.1. The molecule has 2 heterocycles. The molecule has 0 atom stereocenters. The molecule has 1 aliphatic rings. The van der Waals surface area contributed by atoms with Crippen LogP contribution in [0.2, 0.25) is 0 Å². The fraction of sp³-hybridized carbons (Fsp3) is 0.308. The van der Waals surface area contributed by atoms with Crippen molar-refractivity contribution in [1.82, 2.24) is 9.78 Å². The van der Waals surface area contributed by atoms with Gasteiger partial charge in [-0.05, 0) is 24.6 Å². The lowest BCUT2D eigenvalue weighted by Gasteiger charge is -2.21. The molecule has 0 saturated carbocycles. The smallest absolute Gasteiger partial charge is 0.189 e. The molecular formula is C13H15N3O2. The lowest BCUT2D eigenvalue weighted by molar-refractivity contribution is -0.0170. The van der Waals surface area contributed by atoms with E-state index in [1.807, 2.05) is 36.1 Å². The van der Waals surface area contributed by atoms with Crippen LogP contribution in [0.5, 0.6) is 5.75 Å². The molecule has 0 saturated heterocycles. The van der Waals surface area contributed by atoms with E-state index >= 15 is 0 Å². The molecule has 0 unspecified atom stereocenters.